The minimum atomic E-state index is -0.307. The zero-order chi connectivity index (χ0) is 18.5. The highest BCUT2D eigenvalue weighted by atomic mass is 35.5. The predicted octanol–water partition coefficient (Wildman–Crippen LogP) is 4.61. The van der Waals surface area contributed by atoms with Crippen LogP contribution in [0.25, 0.3) is 0 Å². The molecular weight excluding hydrogens is 348 g/mol. The van der Waals surface area contributed by atoms with Gasteiger partial charge < -0.3 is 10.6 Å². The van der Waals surface area contributed by atoms with E-state index >= 15 is 0 Å². The largest absolute Gasteiger partial charge is 0.350 e. The molecule has 0 spiro atoms. The van der Waals surface area contributed by atoms with Crippen molar-refractivity contribution in [2.24, 2.45) is 0 Å². The van der Waals surface area contributed by atoms with E-state index in [9.17, 15) is 4.79 Å². The Balaban J connectivity index is 1.73. The molecule has 0 bridgehead atoms. The van der Waals surface area contributed by atoms with Crippen molar-refractivity contribution in [1.82, 2.24) is 9.97 Å². The second kappa shape index (κ2) is 7.97. The number of rotatable bonds is 5. The van der Waals surface area contributed by atoms with Gasteiger partial charge in [-0.25, -0.2) is 9.97 Å². The third-order valence-electron chi connectivity index (χ3n) is 3.81. The third kappa shape index (κ3) is 4.58. The van der Waals surface area contributed by atoms with Gasteiger partial charge in [0.25, 0.3) is 5.91 Å². The summed E-state index contributed by atoms with van der Waals surface area (Å²) in [6, 6.07) is 17.0. The molecule has 1 heterocycles. The van der Waals surface area contributed by atoms with Crippen molar-refractivity contribution < 1.29 is 4.79 Å². The SMILES string of the molecule is Cc1cc(C(=O)Nc2ccc(C)c(Cl)c2)nc(NCc2ccccc2)n1. The van der Waals surface area contributed by atoms with Gasteiger partial charge in [0, 0.05) is 22.9 Å². The Kier molecular flexibility index (Phi) is 5.49. The van der Waals surface area contributed by atoms with E-state index in [1.165, 1.54) is 0 Å². The van der Waals surface area contributed by atoms with Crippen molar-refractivity contribution in [3.8, 4) is 0 Å². The van der Waals surface area contributed by atoms with Crippen LogP contribution in [-0.2, 0) is 6.54 Å². The van der Waals surface area contributed by atoms with Crippen LogP contribution < -0.4 is 10.6 Å². The molecule has 2 aromatic carbocycles. The Morgan fingerprint density at radius 3 is 2.54 bits per heavy atom. The Labute approximate surface area is 157 Å². The molecule has 0 aliphatic carbocycles. The molecule has 0 saturated heterocycles. The van der Waals surface area contributed by atoms with Gasteiger partial charge in [-0.2, -0.15) is 0 Å². The number of hydrogen-bond acceptors (Lipinski definition) is 4. The molecule has 2 N–H and O–H groups in total. The van der Waals surface area contributed by atoms with Gasteiger partial charge in [0.15, 0.2) is 0 Å². The standard InChI is InChI=1S/C20H19ClN4O/c1-13-8-9-16(11-17(13)21)24-19(26)18-10-14(2)23-20(25-18)22-12-15-6-4-3-5-7-15/h3-11H,12H2,1-2H3,(H,24,26)(H,22,23,25). The topological polar surface area (TPSA) is 66.9 Å². The number of benzene rings is 2. The molecule has 3 aromatic rings. The summed E-state index contributed by atoms with van der Waals surface area (Å²) in [6.45, 7) is 4.32. The monoisotopic (exact) mass is 366 g/mol. The van der Waals surface area contributed by atoms with Crippen molar-refractivity contribution in [3.05, 3.63) is 82.1 Å². The lowest BCUT2D eigenvalue weighted by atomic mass is 10.2. The second-order valence-electron chi connectivity index (χ2n) is 5.98. The quantitative estimate of drug-likeness (QED) is 0.691. The lowest BCUT2D eigenvalue weighted by Gasteiger charge is -2.10. The zero-order valence-corrected chi connectivity index (χ0v) is 15.3. The number of halogens is 1. The number of hydrogen-bond donors (Lipinski definition) is 2. The average molecular weight is 367 g/mol. The highest BCUT2D eigenvalue weighted by Crippen LogP contribution is 2.20. The number of nitrogens with zero attached hydrogens (tertiary/aromatic N) is 2. The maximum absolute atomic E-state index is 12.5. The van der Waals surface area contributed by atoms with Gasteiger partial charge in [0.1, 0.15) is 5.69 Å². The number of carbonyl (C=O) groups is 1. The molecule has 0 atom stereocenters. The number of amides is 1. The van der Waals surface area contributed by atoms with E-state index in [4.69, 9.17) is 11.6 Å². The Morgan fingerprint density at radius 2 is 1.81 bits per heavy atom. The number of anilines is 2. The van der Waals surface area contributed by atoms with Gasteiger partial charge >= 0.3 is 0 Å². The van der Waals surface area contributed by atoms with Crippen LogP contribution in [0.4, 0.5) is 11.6 Å². The molecule has 0 radical (unpaired) electrons. The normalized spacial score (nSPS) is 10.4. The van der Waals surface area contributed by atoms with E-state index in [0.29, 0.717) is 34.6 Å². The van der Waals surface area contributed by atoms with Crippen molar-refractivity contribution in [1.29, 1.82) is 0 Å². The van der Waals surface area contributed by atoms with Gasteiger partial charge in [-0.05, 0) is 43.2 Å². The number of aryl methyl sites for hydroxylation is 2. The fourth-order valence-corrected chi connectivity index (χ4v) is 2.59. The number of carbonyl (C=O) groups excluding carboxylic acids is 1. The Hall–Kier alpha value is -2.92. The fraction of sp³-hybridized carbons (Fsp3) is 0.150. The van der Waals surface area contributed by atoms with Gasteiger partial charge in [0.05, 0.1) is 0 Å². The van der Waals surface area contributed by atoms with Crippen LogP contribution >= 0.6 is 11.6 Å². The summed E-state index contributed by atoms with van der Waals surface area (Å²) in [5, 5.41) is 6.57. The van der Waals surface area contributed by atoms with Gasteiger partial charge in [0.2, 0.25) is 5.95 Å². The maximum Gasteiger partial charge on any atom is 0.274 e. The van der Waals surface area contributed by atoms with Crippen molar-refractivity contribution in [3.63, 3.8) is 0 Å². The molecule has 6 heteroatoms. The van der Waals surface area contributed by atoms with Crippen LogP contribution in [0.3, 0.4) is 0 Å². The molecule has 1 aromatic heterocycles. The Morgan fingerprint density at radius 1 is 1.04 bits per heavy atom. The highest BCUT2D eigenvalue weighted by Gasteiger charge is 2.11. The second-order valence-corrected chi connectivity index (χ2v) is 6.38. The lowest BCUT2D eigenvalue weighted by Crippen LogP contribution is -2.16. The third-order valence-corrected chi connectivity index (χ3v) is 4.22. The van der Waals surface area contributed by atoms with Crippen molar-refractivity contribution in [2.75, 3.05) is 10.6 Å². The smallest absolute Gasteiger partial charge is 0.274 e. The van der Waals surface area contributed by atoms with Gasteiger partial charge in [-0.15, -0.1) is 0 Å². The summed E-state index contributed by atoms with van der Waals surface area (Å²) >= 11 is 6.11. The molecule has 5 nitrogen and oxygen atoms in total. The first-order valence-corrected chi connectivity index (χ1v) is 8.60. The van der Waals surface area contributed by atoms with Crippen molar-refractivity contribution >= 4 is 29.1 Å². The van der Waals surface area contributed by atoms with Gasteiger partial charge in [-0.1, -0.05) is 48.0 Å². The number of nitrogens with one attached hydrogen (secondary N) is 2. The predicted molar refractivity (Wildman–Crippen MR) is 105 cm³/mol. The van der Waals surface area contributed by atoms with Crippen LogP contribution in [0.15, 0.2) is 54.6 Å². The number of aromatic nitrogens is 2. The molecule has 0 aliphatic heterocycles. The summed E-state index contributed by atoms with van der Waals surface area (Å²) in [5.74, 6) is 0.110. The summed E-state index contributed by atoms with van der Waals surface area (Å²) in [4.78, 5) is 21.2. The molecule has 3 rings (SSSR count). The molecule has 0 fully saturated rings. The van der Waals surface area contributed by atoms with E-state index in [1.54, 1.807) is 12.1 Å². The molecule has 0 aliphatic rings. The van der Waals surface area contributed by atoms with Crippen LogP contribution in [0, 0.1) is 13.8 Å². The highest BCUT2D eigenvalue weighted by molar-refractivity contribution is 6.31. The first-order valence-electron chi connectivity index (χ1n) is 8.22. The van der Waals surface area contributed by atoms with Crippen molar-refractivity contribution in [2.45, 2.75) is 20.4 Å². The Bertz CT molecular complexity index is 928. The van der Waals surface area contributed by atoms with Crippen LogP contribution in [0.5, 0.6) is 0 Å². The van der Waals surface area contributed by atoms with E-state index in [-0.39, 0.29) is 5.91 Å². The zero-order valence-electron chi connectivity index (χ0n) is 14.6. The lowest BCUT2D eigenvalue weighted by molar-refractivity contribution is 0.102. The minimum absolute atomic E-state index is 0.296. The van der Waals surface area contributed by atoms with Crippen LogP contribution in [-0.4, -0.2) is 15.9 Å². The average Bonchev–Trinajstić information content (AvgIpc) is 2.63. The maximum atomic E-state index is 12.5. The summed E-state index contributed by atoms with van der Waals surface area (Å²) in [6.07, 6.45) is 0. The summed E-state index contributed by atoms with van der Waals surface area (Å²) < 4.78 is 0. The van der Waals surface area contributed by atoms with Crippen LogP contribution in [0.1, 0.15) is 27.3 Å². The molecule has 0 saturated carbocycles. The minimum Gasteiger partial charge on any atom is -0.350 e. The fourth-order valence-electron chi connectivity index (χ4n) is 2.41. The first-order chi connectivity index (χ1) is 12.5. The summed E-state index contributed by atoms with van der Waals surface area (Å²) in [5.41, 5.74) is 3.70. The van der Waals surface area contributed by atoms with E-state index in [2.05, 4.69) is 20.6 Å². The van der Waals surface area contributed by atoms with Gasteiger partial charge in [-0.3, -0.25) is 4.79 Å². The first kappa shape index (κ1) is 17.9. The molecular formula is C20H19ClN4O. The molecule has 1 amide bonds. The molecule has 26 heavy (non-hydrogen) atoms. The van der Waals surface area contributed by atoms with E-state index < -0.39 is 0 Å². The summed E-state index contributed by atoms with van der Waals surface area (Å²) in [7, 11) is 0. The van der Waals surface area contributed by atoms with E-state index in [0.717, 1.165) is 11.1 Å². The van der Waals surface area contributed by atoms with Crippen LogP contribution in [0.2, 0.25) is 5.02 Å². The van der Waals surface area contributed by atoms with E-state index in [1.807, 2.05) is 56.3 Å². The molecule has 0 unspecified atom stereocenters. The molecule has 132 valence electrons.